The fraction of sp³-hybridized carbons (Fsp3) is 0.724. The second-order valence-corrected chi connectivity index (χ2v) is 23.1. The van der Waals surface area contributed by atoms with Crippen LogP contribution in [0.5, 0.6) is 0 Å². The molecule has 0 aromatic carbocycles. The molecule has 1 atom stereocenters. The van der Waals surface area contributed by atoms with E-state index in [9.17, 15) is 14.4 Å². The highest BCUT2D eigenvalue weighted by Crippen LogP contribution is 2.17. The summed E-state index contributed by atoms with van der Waals surface area (Å²) in [7, 11) is 0. The quantitative estimate of drug-likeness (QED) is 0.0261. The van der Waals surface area contributed by atoms with Gasteiger partial charge in [0.15, 0.2) is 6.10 Å². The monoisotopic (exact) mass is 1140 g/mol. The summed E-state index contributed by atoms with van der Waals surface area (Å²) in [6, 6.07) is 0. The lowest BCUT2D eigenvalue weighted by Crippen LogP contribution is -2.30. The molecule has 0 rings (SSSR count). The second-order valence-electron chi connectivity index (χ2n) is 23.1. The number of hydrogen-bond acceptors (Lipinski definition) is 6. The minimum Gasteiger partial charge on any atom is -0.462 e. The van der Waals surface area contributed by atoms with Gasteiger partial charge in [0.1, 0.15) is 13.2 Å². The molecule has 0 fully saturated rings. The van der Waals surface area contributed by atoms with E-state index in [1.807, 2.05) is 0 Å². The predicted octanol–water partition coefficient (Wildman–Crippen LogP) is 24.2. The lowest BCUT2D eigenvalue weighted by Gasteiger charge is -2.18. The Hall–Kier alpha value is -3.93. The first kappa shape index (κ1) is 78.1. The molecule has 1 unspecified atom stereocenters. The molecule has 0 bridgehead atoms. The van der Waals surface area contributed by atoms with Crippen molar-refractivity contribution in [1.82, 2.24) is 0 Å². The topological polar surface area (TPSA) is 78.9 Å². The second kappa shape index (κ2) is 69.6. The third kappa shape index (κ3) is 66.9. The van der Waals surface area contributed by atoms with Crippen LogP contribution in [0.3, 0.4) is 0 Å². The molecule has 0 spiro atoms. The standard InChI is InChI=1S/C76H130O6/c1-4-7-10-13-16-19-22-25-27-29-31-33-35-37-38-40-41-43-45-47-49-51-54-57-60-63-66-69-75(78)81-72-73(71-80-74(77)68-65-62-59-56-53-24-21-18-15-12-9-6-3)82-76(79)70-67-64-61-58-55-52-50-48-46-44-42-39-36-34-32-30-28-26-23-20-17-14-11-8-5-2/h8,11,17,20,22,25-26,28-29,31-32,34,39,42,46,48,52,55,73H,4-7,9-10,12-16,18-19,21,23-24,27,30,33,35-38,40-41,43-45,47,49-51,53-54,56-72H2,1-3H3/b11-8-,20-17-,25-22-,28-26-,31-29-,34-32-,42-39-,48-46-,55-52-. The highest BCUT2D eigenvalue weighted by molar-refractivity contribution is 5.71. The molecular formula is C76H130O6. The van der Waals surface area contributed by atoms with E-state index in [1.165, 1.54) is 180 Å². The van der Waals surface area contributed by atoms with E-state index in [1.54, 1.807) is 0 Å². The van der Waals surface area contributed by atoms with Crippen LogP contribution >= 0.6 is 0 Å². The lowest BCUT2D eigenvalue weighted by molar-refractivity contribution is -0.167. The number of allylic oxidation sites excluding steroid dienone is 18. The zero-order valence-electron chi connectivity index (χ0n) is 54.0. The third-order valence-electron chi connectivity index (χ3n) is 15.0. The Labute approximate surface area is 508 Å². The van der Waals surface area contributed by atoms with Crippen LogP contribution in [0.25, 0.3) is 0 Å². The SMILES string of the molecule is CC/C=C\C/C=C\C/C=C\C/C=C\C/C=C\C/C=C\C/C=C\CCCCCC(=O)OC(COC(=O)CCCCCCCCCCCCCC)COC(=O)CCCCCCCCCCCCCCCCC/C=C\C/C=C\CCCCCCC. The average molecular weight is 1140 g/mol. The maximum atomic E-state index is 12.9. The van der Waals surface area contributed by atoms with Gasteiger partial charge < -0.3 is 14.2 Å². The molecule has 0 saturated carbocycles. The number of ether oxygens (including phenoxy) is 3. The number of hydrogen-bond donors (Lipinski definition) is 0. The van der Waals surface area contributed by atoms with Crippen molar-refractivity contribution in [2.75, 3.05) is 13.2 Å². The molecule has 0 aliphatic heterocycles. The Kier molecular flexibility index (Phi) is 66.2. The van der Waals surface area contributed by atoms with Crippen molar-refractivity contribution < 1.29 is 28.6 Å². The highest BCUT2D eigenvalue weighted by atomic mass is 16.6. The van der Waals surface area contributed by atoms with Gasteiger partial charge in [0.25, 0.3) is 0 Å². The van der Waals surface area contributed by atoms with E-state index in [-0.39, 0.29) is 37.5 Å². The highest BCUT2D eigenvalue weighted by Gasteiger charge is 2.19. The Bertz CT molecular complexity index is 1640. The first-order valence-electron chi connectivity index (χ1n) is 34.9. The Morgan fingerprint density at radius 2 is 0.476 bits per heavy atom. The summed E-state index contributed by atoms with van der Waals surface area (Å²) in [5, 5.41) is 0. The zero-order valence-corrected chi connectivity index (χ0v) is 54.0. The average Bonchev–Trinajstić information content (AvgIpc) is 3.47. The van der Waals surface area contributed by atoms with Crippen molar-refractivity contribution in [3.05, 3.63) is 109 Å². The Balaban J connectivity index is 4.33. The molecule has 6 nitrogen and oxygen atoms in total. The summed E-state index contributed by atoms with van der Waals surface area (Å²) in [5.41, 5.74) is 0. The van der Waals surface area contributed by atoms with Crippen molar-refractivity contribution in [2.45, 2.75) is 341 Å². The number of unbranched alkanes of at least 4 members (excludes halogenated alkanes) is 34. The fourth-order valence-electron chi connectivity index (χ4n) is 9.81. The minimum absolute atomic E-state index is 0.0893. The van der Waals surface area contributed by atoms with Crippen molar-refractivity contribution in [2.24, 2.45) is 0 Å². The summed E-state index contributed by atoms with van der Waals surface area (Å²) < 4.78 is 16.9. The van der Waals surface area contributed by atoms with Crippen molar-refractivity contribution in [3.63, 3.8) is 0 Å². The molecular weight excluding hydrogens is 1010 g/mol. The van der Waals surface area contributed by atoms with Crippen LogP contribution in [0.4, 0.5) is 0 Å². The van der Waals surface area contributed by atoms with Gasteiger partial charge in [-0.3, -0.25) is 14.4 Å². The molecule has 0 aromatic heterocycles. The van der Waals surface area contributed by atoms with Gasteiger partial charge in [-0.1, -0.05) is 316 Å². The summed E-state index contributed by atoms with van der Waals surface area (Å²) >= 11 is 0. The van der Waals surface area contributed by atoms with Crippen molar-refractivity contribution in [3.8, 4) is 0 Å². The molecule has 0 aliphatic carbocycles. The smallest absolute Gasteiger partial charge is 0.306 e. The maximum absolute atomic E-state index is 12.9. The third-order valence-corrected chi connectivity index (χ3v) is 15.0. The molecule has 0 radical (unpaired) electrons. The van der Waals surface area contributed by atoms with Crippen LogP contribution in [-0.4, -0.2) is 37.2 Å². The van der Waals surface area contributed by atoms with E-state index in [0.29, 0.717) is 12.8 Å². The van der Waals surface area contributed by atoms with Gasteiger partial charge in [-0.25, -0.2) is 0 Å². The van der Waals surface area contributed by atoms with Crippen LogP contribution in [0, 0.1) is 0 Å². The zero-order chi connectivity index (χ0) is 59.2. The largest absolute Gasteiger partial charge is 0.462 e. The van der Waals surface area contributed by atoms with Crippen LogP contribution in [0.1, 0.15) is 335 Å². The van der Waals surface area contributed by atoms with E-state index >= 15 is 0 Å². The van der Waals surface area contributed by atoms with Gasteiger partial charge in [0.2, 0.25) is 0 Å². The van der Waals surface area contributed by atoms with Crippen molar-refractivity contribution >= 4 is 17.9 Å². The van der Waals surface area contributed by atoms with E-state index in [4.69, 9.17) is 14.2 Å². The van der Waals surface area contributed by atoms with Gasteiger partial charge >= 0.3 is 17.9 Å². The molecule has 0 amide bonds. The molecule has 0 heterocycles. The molecule has 6 heteroatoms. The van der Waals surface area contributed by atoms with Crippen molar-refractivity contribution in [1.29, 1.82) is 0 Å². The summed E-state index contributed by atoms with van der Waals surface area (Å²) in [6.45, 7) is 6.52. The van der Waals surface area contributed by atoms with Crippen LogP contribution < -0.4 is 0 Å². The van der Waals surface area contributed by atoms with Gasteiger partial charge in [-0.15, -0.1) is 0 Å². The van der Waals surface area contributed by atoms with Crippen LogP contribution in [0.15, 0.2) is 109 Å². The summed E-state index contributed by atoms with van der Waals surface area (Å²) in [6.07, 6.45) is 95.4. The molecule has 0 saturated heterocycles. The van der Waals surface area contributed by atoms with E-state index in [0.717, 1.165) is 116 Å². The number of esters is 3. The molecule has 470 valence electrons. The maximum Gasteiger partial charge on any atom is 0.306 e. The molecule has 0 aromatic rings. The number of rotatable bonds is 63. The fourth-order valence-corrected chi connectivity index (χ4v) is 9.81. The first-order chi connectivity index (χ1) is 40.5. The number of carbonyl (C=O) groups is 3. The lowest BCUT2D eigenvalue weighted by atomic mass is 10.0. The summed E-state index contributed by atoms with van der Waals surface area (Å²) in [5.74, 6) is -0.910. The molecule has 0 aliphatic rings. The van der Waals surface area contributed by atoms with E-state index < -0.39 is 6.10 Å². The van der Waals surface area contributed by atoms with Crippen LogP contribution in [0.2, 0.25) is 0 Å². The Morgan fingerprint density at radius 1 is 0.256 bits per heavy atom. The van der Waals surface area contributed by atoms with Gasteiger partial charge in [0.05, 0.1) is 0 Å². The van der Waals surface area contributed by atoms with Gasteiger partial charge in [0, 0.05) is 19.3 Å². The predicted molar refractivity (Wildman–Crippen MR) is 357 cm³/mol. The van der Waals surface area contributed by atoms with E-state index in [2.05, 4.69) is 130 Å². The number of carbonyl (C=O) groups excluding carboxylic acids is 3. The first-order valence-corrected chi connectivity index (χ1v) is 34.9. The van der Waals surface area contributed by atoms with Crippen LogP contribution in [-0.2, 0) is 28.6 Å². The minimum atomic E-state index is -0.797. The molecule has 0 N–H and O–H groups in total. The normalized spacial score (nSPS) is 12.8. The Morgan fingerprint density at radius 3 is 0.756 bits per heavy atom. The summed E-state index contributed by atoms with van der Waals surface area (Å²) in [4.78, 5) is 38.4. The molecule has 82 heavy (non-hydrogen) atoms. The van der Waals surface area contributed by atoms with Gasteiger partial charge in [-0.2, -0.15) is 0 Å². The van der Waals surface area contributed by atoms with Gasteiger partial charge in [-0.05, 0) is 109 Å².